The average Bonchev–Trinajstić information content (AvgIpc) is 3.12. The number of piperazine rings is 1. The zero-order valence-corrected chi connectivity index (χ0v) is 17.8. The number of aromatic nitrogens is 2. The topological polar surface area (TPSA) is 48.7 Å². The molecule has 6 heteroatoms. The van der Waals surface area contributed by atoms with Crippen LogP contribution in [0, 0.1) is 13.8 Å². The van der Waals surface area contributed by atoms with Crippen molar-refractivity contribution in [2.45, 2.75) is 33.6 Å². The van der Waals surface area contributed by atoms with Crippen molar-refractivity contribution >= 4 is 11.6 Å². The highest BCUT2D eigenvalue weighted by molar-refractivity contribution is 5.80. The van der Waals surface area contributed by atoms with Crippen molar-refractivity contribution in [1.82, 2.24) is 20.0 Å². The number of nitrogens with one attached hydrogen (secondary N) is 1. The molecule has 1 aromatic carbocycles. The number of benzene rings is 1. The lowest BCUT2D eigenvalue weighted by Crippen LogP contribution is -2.52. The van der Waals surface area contributed by atoms with Gasteiger partial charge in [-0.15, -0.1) is 0 Å². The van der Waals surface area contributed by atoms with E-state index in [0.717, 1.165) is 58.1 Å². The first-order valence-electron chi connectivity index (χ1n) is 10.4. The van der Waals surface area contributed by atoms with Gasteiger partial charge in [-0.05, 0) is 56.4 Å². The van der Waals surface area contributed by atoms with Gasteiger partial charge in [-0.2, -0.15) is 5.10 Å². The van der Waals surface area contributed by atoms with Crippen LogP contribution in [-0.2, 0) is 13.5 Å². The zero-order chi connectivity index (χ0) is 19.9. The van der Waals surface area contributed by atoms with Crippen LogP contribution in [0.25, 0.3) is 0 Å². The first kappa shape index (κ1) is 20.2. The van der Waals surface area contributed by atoms with E-state index < -0.39 is 0 Å². The second-order valence-electron chi connectivity index (χ2n) is 7.55. The second-order valence-corrected chi connectivity index (χ2v) is 7.55. The molecule has 0 atom stereocenters. The minimum atomic E-state index is 0.842. The summed E-state index contributed by atoms with van der Waals surface area (Å²) in [5.41, 5.74) is 5.42. The van der Waals surface area contributed by atoms with Gasteiger partial charge in [-0.25, -0.2) is 0 Å². The molecule has 0 spiro atoms. The Hall–Kier alpha value is -2.50. The Morgan fingerprint density at radius 2 is 1.96 bits per heavy atom. The van der Waals surface area contributed by atoms with E-state index in [4.69, 9.17) is 4.99 Å². The van der Waals surface area contributed by atoms with Gasteiger partial charge in [0.15, 0.2) is 5.96 Å². The minimum Gasteiger partial charge on any atom is -0.368 e. The summed E-state index contributed by atoms with van der Waals surface area (Å²) < 4.78 is 1.86. The minimum absolute atomic E-state index is 0.842. The molecule has 3 rings (SSSR count). The van der Waals surface area contributed by atoms with Gasteiger partial charge in [-0.1, -0.05) is 12.1 Å². The summed E-state index contributed by atoms with van der Waals surface area (Å²) in [5, 5.41) is 7.70. The van der Waals surface area contributed by atoms with E-state index in [2.05, 4.69) is 65.4 Å². The number of aliphatic imine (C=N–C) groups is 1. The fraction of sp³-hybridized carbons (Fsp3) is 0.545. The standard InChI is InChI=1S/C22H34N6/c1-5-23-22(24-11-7-9-20-16-25-26(4)17-20)28-14-12-27(13-15-28)21-10-6-8-18(2)19(21)3/h6,8,10,16-17H,5,7,9,11-15H2,1-4H3,(H,23,24). The number of aryl methyl sites for hydroxylation is 3. The van der Waals surface area contributed by atoms with Crippen molar-refractivity contribution in [2.75, 3.05) is 44.2 Å². The Morgan fingerprint density at radius 3 is 2.64 bits per heavy atom. The van der Waals surface area contributed by atoms with E-state index in [1.54, 1.807) is 0 Å². The van der Waals surface area contributed by atoms with E-state index in [-0.39, 0.29) is 0 Å². The zero-order valence-electron chi connectivity index (χ0n) is 17.8. The first-order valence-corrected chi connectivity index (χ1v) is 10.4. The van der Waals surface area contributed by atoms with Gasteiger partial charge in [0.1, 0.15) is 0 Å². The van der Waals surface area contributed by atoms with Crippen LogP contribution in [0.2, 0.25) is 0 Å². The number of rotatable bonds is 6. The summed E-state index contributed by atoms with van der Waals surface area (Å²) >= 11 is 0. The third-order valence-electron chi connectivity index (χ3n) is 5.47. The third-order valence-corrected chi connectivity index (χ3v) is 5.47. The fourth-order valence-corrected chi connectivity index (χ4v) is 3.73. The highest BCUT2D eigenvalue weighted by atomic mass is 15.3. The van der Waals surface area contributed by atoms with Crippen molar-refractivity contribution in [1.29, 1.82) is 0 Å². The highest BCUT2D eigenvalue weighted by Crippen LogP contribution is 2.23. The van der Waals surface area contributed by atoms with Gasteiger partial charge in [0.25, 0.3) is 0 Å². The van der Waals surface area contributed by atoms with Gasteiger partial charge < -0.3 is 15.1 Å². The van der Waals surface area contributed by atoms with Gasteiger partial charge >= 0.3 is 0 Å². The highest BCUT2D eigenvalue weighted by Gasteiger charge is 2.20. The number of guanidine groups is 1. The lowest BCUT2D eigenvalue weighted by molar-refractivity contribution is 0.372. The molecule has 0 aliphatic carbocycles. The molecule has 2 heterocycles. The maximum absolute atomic E-state index is 4.87. The van der Waals surface area contributed by atoms with E-state index in [1.807, 2.05) is 17.9 Å². The molecule has 0 saturated carbocycles. The molecule has 1 saturated heterocycles. The molecule has 152 valence electrons. The van der Waals surface area contributed by atoms with E-state index in [1.165, 1.54) is 22.4 Å². The number of nitrogens with zero attached hydrogens (tertiary/aromatic N) is 5. The van der Waals surface area contributed by atoms with Crippen LogP contribution in [-0.4, -0.2) is 59.9 Å². The second kappa shape index (κ2) is 9.62. The van der Waals surface area contributed by atoms with Crippen LogP contribution >= 0.6 is 0 Å². The van der Waals surface area contributed by atoms with Crippen LogP contribution in [0.4, 0.5) is 5.69 Å². The smallest absolute Gasteiger partial charge is 0.194 e. The Labute approximate surface area is 169 Å². The van der Waals surface area contributed by atoms with Gasteiger partial charge in [0.2, 0.25) is 0 Å². The summed E-state index contributed by atoms with van der Waals surface area (Å²) in [6.07, 6.45) is 6.10. The van der Waals surface area contributed by atoms with Crippen LogP contribution < -0.4 is 10.2 Å². The Morgan fingerprint density at radius 1 is 1.18 bits per heavy atom. The fourth-order valence-electron chi connectivity index (χ4n) is 3.73. The average molecular weight is 383 g/mol. The van der Waals surface area contributed by atoms with E-state index >= 15 is 0 Å². The molecule has 0 radical (unpaired) electrons. The van der Waals surface area contributed by atoms with Crippen molar-refractivity contribution in [3.63, 3.8) is 0 Å². The lowest BCUT2D eigenvalue weighted by atomic mass is 10.1. The quantitative estimate of drug-likeness (QED) is 0.474. The molecule has 0 unspecified atom stereocenters. The summed E-state index contributed by atoms with van der Waals surface area (Å²) in [4.78, 5) is 9.78. The summed E-state index contributed by atoms with van der Waals surface area (Å²) in [6.45, 7) is 12.4. The van der Waals surface area contributed by atoms with Gasteiger partial charge in [0.05, 0.1) is 6.20 Å². The Bertz CT molecular complexity index is 786. The number of hydrogen-bond acceptors (Lipinski definition) is 3. The van der Waals surface area contributed by atoms with E-state index in [9.17, 15) is 0 Å². The summed E-state index contributed by atoms with van der Waals surface area (Å²) in [7, 11) is 1.96. The van der Waals surface area contributed by atoms with Gasteiger partial charge in [-0.3, -0.25) is 9.67 Å². The third kappa shape index (κ3) is 5.06. The Balaban J connectivity index is 1.54. The normalized spacial score (nSPS) is 15.2. The maximum atomic E-state index is 4.87. The molecular weight excluding hydrogens is 348 g/mol. The largest absolute Gasteiger partial charge is 0.368 e. The molecular formula is C22H34N6. The van der Waals surface area contributed by atoms with Crippen molar-refractivity contribution < 1.29 is 0 Å². The van der Waals surface area contributed by atoms with Crippen molar-refractivity contribution in [2.24, 2.45) is 12.0 Å². The maximum Gasteiger partial charge on any atom is 0.194 e. The number of anilines is 1. The predicted octanol–water partition coefficient (Wildman–Crippen LogP) is 2.76. The molecule has 1 fully saturated rings. The monoisotopic (exact) mass is 382 g/mol. The lowest BCUT2D eigenvalue weighted by Gasteiger charge is -2.38. The molecule has 1 aromatic heterocycles. The molecule has 2 aromatic rings. The Kier molecular flexibility index (Phi) is 6.95. The molecule has 0 bridgehead atoms. The molecule has 0 amide bonds. The summed E-state index contributed by atoms with van der Waals surface area (Å²) in [6, 6.07) is 6.60. The molecule has 28 heavy (non-hydrogen) atoms. The van der Waals surface area contributed by atoms with Crippen LogP contribution in [0.15, 0.2) is 35.6 Å². The van der Waals surface area contributed by atoms with Crippen LogP contribution in [0.5, 0.6) is 0 Å². The summed E-state index contributed by atoms with van der Waals surface area (Å²) in [5.74, 6) is 1.05. The molecule has 1 N–H and O–H groups in total. The van der Waals surface area contributed by atoms with Crippen LogP contribution in [0.1, 0.15) is 30.0 Å². The van der Waals surface area contributed by atoms with Crippen molar-refractivity contribution in [3.8, 4) is 0 Å². The SMILES string of the molecule is CCNC(=NCCCc1cnn(C)c1)N1CCN(c2cccc(C)c2C)CC1. The van der Waals surface area contributed by atoms with Gasteiger partial charge in [0, 0.05) is 58.2 Å². The molecule has 6 nitrogen and oxygen atoms in total. The predicted molar refractivity (Wildman–Crippen MR) is 117 cm³/mol. The molecule has 1 aliphatic rings. The van der Waals surface area contributed by atoms with Crippen LogP contribution in [0.3, 0.4) is 0 Å². The first-order chi connectivity index (χ1) is 13.6. The van der Waals surface area contributed by atoms with Crippen molar-refractivity contribution in [3.05, 3.63) is 47.3 Å². The van der Waals surface area contributed by atoms with E-state index in [0.29, 0.717) is 0 Å². The molecule has 1 aliphatic heterocycles. The number of hydrogen-bond donors (Lipinski definition) is 1.